The van der Waals surface area contributed by atoms with Crippen LogP contribution in [0.15, 0.2) is 23.1 Å². The molecule has 0 aliphatic carbocycles. The van der Waals surface area contributed by atoms with Crippen molar-refractivity contribution in [2.75, 3.05) is 25.9 Å². The molecule has 112 valence electrons. The van der Waals surface area contributed by atoms with Gasteiger partial charge in [0.15, 0.2) is 0 Å². The van der Waals surface area contributed by atoms with Gasteiger partial charge >= 0.3 is 0 Å². The van der Waals surface area contributed by atoms with Gasteiger partial charge in [0.25, 0.3) is 0 Å². The van der Waals surface area contributed by atoms with E-state index in [-0.39, 0.29) is 23.7 Å². The third kappa shape index (κ3) is 2.61. The van der Waals surface area contributed by atoms with Crippen LogP contribution in [0, 0.1) is 0 Å². The normalized spacial score (nSPS) is 18.6. The van der Waals surface area contributed by atoms with Crippen LogP contribution in [0.1, 0.15) is 19.8 Å². The topological polar surface area (TPSA) is 92.9 Å². The number of nitrogens with zero attached hydrogens (tertiary/aromatic N) is 1. The van der Waals surface area contributed by atoms with Gasteiger partial charge in [-0.05, 0) is 18.6 Å². The van der Waals surface area contributed by atoms with E-state index in [0.717, 1.165) is 6.42 Å². The fraction of sp³-hybridized carbons (Fsp3) is 0.538. The Labute approximate surface area is 119 Å². The van der Waals surface area contributed by atoms with Crippen molar-refractivity contribution in [3.63, 3.8) is 0 Å². The number of nitrogens with two attached hydrogens (primary N) is 1. The molecule has 0 unspecified atom stereocenters. The summed E-state index contributed by atoms with van der Waals surface area (Å²) in [7, 11) is -2.26. The molecule has 1 aliphatic rings. The molecule has 1 fully saturated rings. The first kappa shape index (κ1) is 15.1. The summed E-state index contributed by atoms with van der Waals surface area (Å²) in [5, 5.41) is 10.1. The van der Waals surface area contributed by atoms with Crippen LogP contribution in [-0.2, 0) is 10.0 Å². The minimum absolute atomic E-state index is 0.0766. The first-order chi connectivity index (χ1) is 9.32. The van der Waals surface area contributed by atoms with Gasteiger partial charge in [-0.2, -0.15) is 4.31 Å². The molecule has 1 aromatic rings. The quantitative estimate of drug-likeness (QED) is 0.785. The number of benzene rings is 1. The molecule has 0 bridgehead atoms. The molecule has 1 heterocycles. The van der Waals surface area contributed by atoms with E-state index in [1.807, 2.05) is 6.92 Å². The summed E-state index contributed by atoms with van der Waals surface area (Å²) in [4.78, 5) is 0.0766. The zero-order valence-electron chi connectivity index (χ0n) is 11.7. The van der Waals surface area contributed by atoms with Gasteiger partial charge < -0.3 is 15.6 Å². The van der Waals surface area contributed by atoms with Crippen molar-refractivity contribution < 1.29 is 18.3 Å². The maximum Gasteiger partial charge on any atom is 0.246 e. The lowest BCUT2D eigenvalue weighted by molar-refractivity contribution is -0.0653. The van der Waals surface area contributed by atoms with E-state index in [9.17, 15) is 13.5 Å². The molecule has 20 heavy (non-hydrogen) atoms. The van der Waals surface area contributed by atoms with E-state index in [0.29, 0.717) is 12.1 Å². The molecule has 7 heteroatoms. The highest BCUT2D eigenvalue weighted by Crippen LogP contribution is 2.35. The molecule has 1 aromatic carbocycles. The average molecular weight is 300 g/mol. The molecule has 3 N–H and O–H groups in total. The molecule has 2 rings (SSSR count). The van der Waals surface area contributed by atoms with Gasteiger partial charge in [0.05, 0.1) is 12.7 Å². The van der Waals surface area contributed by atoms with Crippen molar-refractivity contribution in [3.8, 4) is 5.75 Å². The summed E-state index contributed by atoms with van der Waals surface area (Å²) in [5.74, 6) is 0.218. The van der Waals surface area contributed by atoms with E-state index in [2.05, 4.69) is 0 Å². The summed E-state index contributed by atoms with van der Waals surface area (Å²) in [5.41, 5.74) is 5.16. The van der Waals surface area contributed by atoms with Crippen LogP contribution in [0.5, 0.6) is 5.75 Å². The number of aliphatic hydroxyl groups is 1. The van der Waals surface area contributed by atoms with Gasteiger partial charge in [-0.3, -0.25) is 0 Å². The summed E-state index contributed by atoms with van der Waals surface area (Å²) in [6.07, 6.45) is 1.41. The molecule has 1 aliphatic heterocycles. The second-order valence-electron chi connectivity index (χ2n) is 5.16. The summed E-state index contributed by atoms with van der Waals surface area (Å²) in [6.45, 7) is 2.20. The van der Waals surface area contributed by atoms with E-state index in [1.165, 1.54) is 29.6 Å². The number of hydrogen-bond acceptors (Lipinski definition) is 5. The zero-order chi connectivity index (χ0) is 15.0. The van der Waals surface area contributed by atoms with Crippen LogP contribution in [0.3, 0.4) is 0 Å². The molecule has 0 aromatic heterocycles. The summed E-state index contributed by atoms with van der Waals surface area (Å²) in [6, 6.07) is 4.43. The van der Waals surface area contributed by atoms with Crippen LogP contribution in [0.25, 0.3) is 0 Å². The maximum atomic E-state index is 12.5. The van der Waals surface area contributed by atoms with E-state index in [4.69, 9.17) is 10.5 Å². The summed E-state index contributed by atoms with van der Waals surface area (Å²) < 4.78 is 31.3. The minimum Gasteiger partial charge on any atom is -0.495 e. The zero-order valence-corrected chi connectivity index (χ0v) is 12.5. The lowest BCUT2D eigenvalue weighted by atomic mass is 9.92. The van der Waals surface area contributed by atoms with Crippen LogP contribution >= 0.6 is 0 Å². The van der Waals surface area contributed by atoms with Gasteiger partial charge in [-0.25, -0.2) is 8.42 Å². The molecular weight excluding hydrogens is 280 g/mol. The van der Waals surface area contributed by atoms with Crippen molar-refractivity contribution in [2.24, 2.45) is 0 Å². The number of nitrogen functional groups attached to an aromatic ring is 1. The fourth-order valence-electron chi connectivity index (χ4n) is 2.44. The monoisotopic (exact) mass is 300 g/mol. The van der Waals surface area contributed by atoms with Crippen molar-refractivity contribution >= 4 is 15.7 Å². The Morgan fingerprint density at radius 2 is 2.10 bits per heavy atom. The van der Waals surface area contributed by atoms with Gasteiger partial charge in [0, 0.05) is 24.8 Å². The van der Waals surface area contributed by atoms with Gasteiger partial charge in [-0.1, -0.05) is 13.3 Å². The number of hydrogen-bond donors (Lipinski definition) is 2. The van der Waals surface area contributed by atoms with Crippen molar-refractivity contribution in [2.45, 2.75) is 30.3 Å². The summed E-state index contributed by atoms with van der Waals surface area (Å²) >= 11 is 0. The van der Waals surface area contributed by atoms with E-state index >= 15 is 0 Å². The number of β-amino-alcohol motifs (C(OH)–C–C–N with tert-alkyl or cyclic N) is 1. The Balaban J connectivity index is 2.25. The minimum atomic E-state index is -3.66. The first-order valence-electron chi connectivity index (χ1n) is 6.48. The highest BCUT2D eigenvalue weighted by molar-refractivity contribution is 7.89. The van der Waals surface area contributed by atoms with Crippen molar-refractivity contribution in [1.29, 1.82) is 0 Å². The van der Waals surface area contributed by atoms with Crippen molar-refractivity contribution in [3.05, 3.63) is 18.2 Å². The Morgan fingerprint density at radius 3 is 2.65 bits per heavy atom. The van der Waals surface area contributed by atoms with E-state index in [1.54, 1.807) is 0 Å². The lowest BCUT2D eigenvalue weighted by Gasteiger charge is -2.45. The number of anilines is 1. The highest BCUT2D eigenvalue weighted by Gasteiger charge is 2.47. The number of rotatable bonds is 5. The van der Waals surface area contributed by atoms with Gasteiger partial charge in [0.1, 0.15) is 10.6 Å². The lowest BCUT2D eigenvalue weighted by Crippen LogP contribution is -2.63. The van der Waals surface area contributed by atoms with Crippen molar-refractivity contribution in [1.82, 2.24) is 4.31 Å². The Morgan fingerprint density at radius 1 is 1.45 bits per heavy atom. The third-order valence-electron chi connectivity index (χ3n) is 3.46. The molecule has 0 radical (unpaired) electrons. The molecule has 0 atom stereocenters. The van der Waals surface area contributed by atoms with Gasteiger partial charge in [0.2, 0.25) is 10.0 Å². The average Bonchev–Trinajstić information content (AvgIpc) is 2.35. The van der Waals surface area contributed by atoms with Crippen LogP contribution in [0.2, 0.25) is 0 Å². The fourth-order valence-corrected chi connectivity index (χ4v) is 4.18. The SMILES string of the molecule is CCCC1(O)CN(S(=O)(=O)c2ccc(N)cc2OC)C1. The smallest absolute Gasteiger partial charge is 0.246 e. The predicted octanol–water partition coefficient (Wildman–Crippen LogP) is 0.813. The second-order valence-corrected chi connectivity index (χ2v) is 7.06. The molecule has 6 nitrogen and oxygen atoms in total. The highest BCUT2D eigenvalue weighted by atomic mass is 32.2. The van der Waals surface area contributed by atoms with Crippen LogP contribution in [0.4, 0.5) is 5.69 Å². The van der Waals surface area contributed by atoms with Gasteiger partial charge in [-0.15, -0.1) is 0 Å². The van der Waals surface area contributed by atoms with E-state index < -0.39 is 15.6 Å². The Hall–Kier alpha value is -1.31. The molecule has 0 saturated carbocycles. The molecule has 1 saturated heterocycles. The number of ether oxygens (including phenoxy) is 1. The number of methoxy groups -OCH3 is 1. The Bertz CT molecular complexity index is 594. The largest absolute Gasteiger partial charge is 0.495 e. The molecular formula is C13H20N2O4S. The predicted molar refractivity (Wildman–Crippen MR) is 76.0 cm³/mol. The second kappa shape index (κ2) is 5.23. The third-order valence-corrected chi connectivity index (χ3v) is 5.29. The Kier molecular flexibility index (Phi) is 3.95. The van der Waals surface area contributed by atoms with Crippen LogP contribution in [-0.4, -0.2) is 43.6 Å². The van der Waals surface area contributed by atoms with Crippen LogP contribution < -0.4 is 10.5 Å². The first-order valence-corrected chi connectivity index (χ1v) is 7.92. The standard InChI is InChI=1S/C13H20N2O4S/c1-3-6-13(16)8-15(9-13)20(17,18)12-5-4-10(14)7-11(12)19-2/h4-5,7,16H,3,6,8-9,14H2,1-2H3. The molecule has 0 amide bonds. The maximum absolute atomic E-state index is 12.5. The molecule has 0 spiro atoms. The number of sulfonamides is 1.